The predicted molar refractivity (Wildman–Crippen MR) is 133 cm³/mol. The molecule has 174 valence electrons. The highest BCUT2D eigenvalue weighted by Crippen LogP contribution is 2.35. The number of ether oxygens (including phenoxy) is 1. The van der Waals surface area contributed by atoms with Crippen LogP contribution in [0.25, 0.3) is 22.0 Å². The van der Waals surface area contributed by atoms with Crippen molar-refractivity contribution in [3.05, 3.63) is 58.5 Å². The van der Waals surface area contributed by atoms with E-state index in [-0.39, 0.29) is 23.7 Å². The maximum absolute atomic E-state index is 14.4. The van der Waals surface area contributed by atoms with Gasteiger partial charge in [0.2, 0.25) is 0 Å². The summed E-state index contributed by atoms with van der Waals surface area (Å²) in [6, 6.07) is 9.24. The number of carbonyl (C=O) groups excluding carboxylic acids is 1. The van der Waals surface area contributed by atoms with Crippen molar-refractivity contribution < 1.29 is 13.9 Å². The molecular formula is C27H30ClFN2O2. The van der Waals surface area contributed by atoms with Crippen molar-refractivity contribution in [1.29, 1.82) is 0 Å². The Labute approximate surface area is 199 Å². The van der Waals surface area contributed by atoms with Crippen LogP contribution in [0.2, 0.25) is 5.02 Å². The largest absolute Gasteiger partial charge is 0.381 e. The number of hydrogen-bond acceptors (Lipinski definition) is 4. The molecule has 0 aliphatic heterocycles. The van der Waals surface area contributed by atoms with Crippen LogP contribution in [0.1, 0.15) is 61.9 Å². The van der Waals surface area contributed by atoms with Gasteiger partial charge in [0.1, 0.15) is 5.82 Å². The summed E-state index contributed by atoms with van der Waals surface area (Å²) in [6.07, 6.45) is 6.95. The van der Waals surface area contributed by atoms with Gasteiger partial charge in [-0.25, -0.2) is 4.39 Å². The van der Waals surface area contributed by atoms with Crippen molar-refractivity contribution in [2.75, 3.05) is 11.9 Å². The monoisotopic (exact) mass is 468 g/mol. The highest BCUT2D eigenvalue weighted by atomic mass is 35.5. The number of carbonyl (C=O) groups is 1. The Morgan fingerprint density at radius 3 is 2.79 bits per heavy atom. The summed E-state index contributed by atoms with van der Waals surface area (Å²) in [5, 5.41) is 4.88. The van der Waals surface area contributed by atoms with Gasteiger partial charge >= 0.3 is 0 Å². The average Bonchev–Trinajstić information content (AvgIpc) is 2.81. The van der Waals surface area contributed by atoms with E-state index in [0.717, 1.165) is 60.9 Å². The van der Waals surface area contributed by atoms with Gasteiger partial charge in [-0.2, -0.15) is 0 Å². The number of pyridine rings is 1. The number of halogens is 2. The van der Waals surface area contributed by atoms with Gasteiger partial charge in [0.05, 0.1) is 22.9 Å². The van der Waals surface area contributed by atoms with Crippen LogP contribution in [0, 0.1) is 12.7 Å². The number of benzene rings is 2. The number of nitrogens with one attached hydrogen (secondary N) is 1. The Balaban J connectivity index is 1.74. The molecule has 0 amide bonds. The first-order chi connectivity index (χ1) is 15.9. The number of fused-ring (bicyclic) bond motifs is 1. The van der Waals surface area contributed by atoms with Crippen molar-refractivity contribution in [3.8, 4) is 11.1 Å². The lowest BCUT2D eigenvalue weighted by atomic mass is 9.91. The minimum Gasteiger partial charge on any atom is -0.381 e. The van der Waals surface area contributed by atoms with E-state index in [4.69, 9.17) is 16.3 Å². The summed E-state index contributed by atoms with van der Waals surface area (Å²) < 4.78 is 20.4. The number of nitrogens with zero attached hydrogens (tertiary/aromatic N) is 1. The minimum absolute atomic E-state index is 0.0451. The quantitative estimate of drug-likeness (QED) is 0.368. The van der Waals surface area contributed by atoms with Crippen LogP contribution in [0.3, 0.4) is 0 Å². The Kier molecular flexibility index (Phi) is 7.30. The van der Waals surface area contributed by atoms with Crippen molar-refractivity contribution in [1.82, 2.24) is 4.98 Å². The maximum atomic E-state index is 14.4. The molecular weight excluding hydrogens is 439 g/mol. The van der Waals surface area contributed by atoms with E-state index in [0.29, 0.717) is 21.7 Å². The summed E-state index contributed by atoms with van der Waals surface area (Å²) in [5.41, 5.74) is 4.07. The number of ketones is 1. The Bertz CT molecular complexity index is 1160. The minimum atomic E-state index is -0.341. The number of anilines is 1. The lowest BCUT2D eigenvalue weighted by Gasteiger charge is -2.31. The van der Waals surface area contributed by atoms with E-state index in [2.05, 4.69) is 17.2 Å². The zero-order valence-corrected chi connectivity index (χ0v) is 20.1. The van der Waals surface area contributed by atoms with Gasteiger partial charge in [-0.15, -0.1) is 0 Å². The molecule has 1 aromatic heterocycles. The van der Waals surface area contributed by atoms with Crippen LogP contribution in [-0.4, -0.2) is 29.5 Å². The molecule has 1 N–H and O–H groups in total. The van der Waals surface area contributed by atoms with Crippen molar-refractivity contribution in [2.45, 2.75) is 65.0 Å². The summed E-state index contributed by atoms with van der Waals surface area (Å²) >= 11 is 6.24. The highest BCUT2D eigenvalue weighted by Gasteiger charge is 2.24. The van der Waals surface area contributed by atoms with Crippen LogP contribution < -0.4 is 5.32 Å². The molecule has 1 saturated carbocycles. The molecule has 0 bridgehead atoms. The van der Waals surface area contributed by atoms with Crippen molar-refractivity contribution in [2.24, 2.45) is 0 Å². The van der Waals surface area contributed by atoms with E-state index in [1.54, 1.807) is 26.1 Å². The molecule has 1 heterocycles. The van der Waals surface area contributed by atoms with E-state index in [9.17, 15) is 9.18 Å². The van der Waals surface area contributed by atoms with Gasteiger partial charge in [0, 0.05) is 34.8 Å². The van der Waals surface area contributed by atoms with Crippen LogP contribution in [0.15, 0.2) is 36.5 Å². The number of aromatic nitrogens is 1. The molecule has 4 rings (SSSR count). The lowest BCUT2D eigenvalue weighted by molar-refractivity contribution is 0.0259. The molecule has 2 aromatic carbocycles. The van der Waals surface area contributed by atoms with E-state index < -0.39 is 0 Å². The fourth-order valence-electron chi connectivity index (χ4n) is 4.52. The topological polar surface area (TPSA) is 51.2 Å². The Morgan fingerprint density at radius 2 is 2.06 bits per heavy atom. The van der Waals surface area contributed by atoms with Gasteiger partial charge in [0.25, 0.3) is 0 Å². The standard InChI is InChI=1S/C27H30ClFN2O2/c1-4-10-33-21-7-5-6-20(14-21)31-27-22-11-18(19-12-24(28)16(2)25(29)13-19)8-9-26(22)30-15-23(27)17(3)32/h8-9,11-13,15,20-21H,4-7,10,14H2,1-3H3,(H,30,31)/t20-,21?/m0/s1. The number of rotatable bonds is 7. The molecule has 1 aliphatic carbocycles. The van der Waals surface area contributed by atoms with Crippen LogP contribution in [-0.2, 0) is 4.74 Å². The van der Waals surface area contributed by atoms with E-state index in [1.807, 2.05) is 18.2 Å². The second kappa shape index (κ2) is 10.2. The number of hydrogen-bond donors (Lipinski definition) is 1. The van der Waals surface area contributed by atoms with E-state index in [1.165, 1.54) is 6.07 Å². The summed E-state index contributed by atoms with van der Waals surface area (Å²) in [4.78, 5) is 17.0. The molecule has 0 radical (unpaired) electrons. The molecule has 6 heteroatoms. The SMILES string of the molecule is CCCOC1CCC[C@H](Nc2c(C(C)=O)cnc3ccc(-c4cc(F)c(C)c(Cl)c4)cc23)C1. The smallest absolute Gasteiger partial charge is 0.163 e. The first-order valence-corrected chi connectivity index (χ1v) is 12.0. The Morgan fingerprint density at radius 1 is 1.24 bits per heavy atom. The second-order valence-electron chi connectivity index (χ2n) is 8.90. The first-order valence-electron chi connectivity index (χ1n) is 11.6. The molecule has 1 fully saturated rings. The number of Topliss-reactive ketones (excluding diaryl/α,β-unsaturated/α-hetero) is 1. The first kappa shape index (κ1) is 23.7. The molecule has 3 aromatic rings. The van der Waals surface area contributed by atoms with Gasteiger partial charge in [0.15, 0.2) is 5.78 Å². The van der Waals surface area contributed by atoms with Gasteiger partial charge in [-0.1, -0.05) is 24.6 Å². The fourth-order valence-corrected chi connectivity index (χ4v) is 4.73. The summed E-state index contributed by atoms with van der Waals surface area (Å²) in [6.45, 7) is 6.11. The molecule has 4 nitrogen and oxygen atoms in total. The third kappa shape index (κ3) is 5.20. The molecule has 0 spiro atoms. The zero-order chi connectivity index (χ0) is 23.5. The average molecular weight is 469 g/mol. The van der Waals surface area contributed by atoms with E-state index >= 15 is 0 Å². The molecule has 0 saturated heterocycles. The normalized spacial score (nSPS) is 18.5. The lowest BCUT2D eigenvalue weighted by Crippen LogP contribution is -2.32. The molecule has 2 atom stereocenters. The van der Waals surface area contributed by atoms with Gasteiger partial charge in [-0.05, 0) is 81.3 Å². The van der Waals surface area contributed by atoms with Crippen LogP contribution in [0.5, 0.6) is 0 Å². The highest BCUT2D eigenvalue weighted by molar-refractivity contribution is 6.31. The third-order valence-electron chi connectivity index (χ3n) is 6.39. The fraction of sp³-hybridized carbons (Fsp3) is 0.407. The zero-order valence-electron chi connectivity index (χ0n) is 19.4. The maximum Gasteiger partial charge on any atom is 0.163 e. The van der Waals surface area contributed by atoms with Gasteiger partial charge < -0.3 is 10.1 Å². The predicted octanol–water partition coefficient (Wildman–Crippen LogP) is 7.36. The van der Waals surface area contributed by atoms with Crippen LogP contribution in [0.4, 0.5) is 10.1 Å². The van der Waals surface area contributed by atoms with Gasteiger partial charge in [-0.3, -0.25) is 9.78 Å². The van der Waals surface area contributed by atoms with Crippen LogP contribution >= 0.6 is 11.6 Å². The third-order valence-corrected chi connectivity index (χ3v) is 6.79. The molecule has 1 unspecified atom stereocenters. The van der Waals surface area contributed by atoms with Crippen molar-refractivity contribution in [3.63, 3.8) is 0 Å². The Hall–Kier alpha value is -2.50. The summed E-state index contributed by atoms with van der Waals surface area (Å²) in [7, 11) is 0. The van der Waals surface area contributed by atoms with Crippen molar-refractivity contribution >= 4 is 34.0 Å². The summed E-state index contributed by atoms with van der Waals surface area (Å²) in [5.74, 6) is -0.386. The molecule has 33 heavy (non-hydrogen) atoms. The second-order valence-corrected chi connectivity index (χ2v) is 9.31. The molecule has 1 aliphatic rings.